The molecule has 0 spiro atoms. The van der Waals surface area contributed by atoms with Crippen LogP contribution in [0.3, 0.4) is 0 Å². The first kappa shape index (κ1) is 20.2. The fraction of sp³-hybridized carbons (Fsp3) is 0.435. The van der Waals surface area contributed by atoms with Crippen LogP contribution >= 0.6 is 0 Å². The van der Waals surface area contributed by atoms with Crippen molar-refractivity contribution in [3.63, 3.8) is 0 Å². The van der Waals surface area contributed by atoms with Crippen LogP contribution in [0.2, 0.25) is 0 Å². The second kappa shape index (κ2) is 10.1. The van der Waals surface area contributed by atoms with Crippen molar-refractivity contribution < 1.29 is 14.3 Å². The van der Waals surface area contributed by atoms with Crippen molar-refractivity contribution in [3.05, 3.63) is 53.6 Å². The number of hydrogen-bond donors (Lipinski definition) is 1. The summed E-state index contributed by atoms with van der Waals surface area (Å²) >= 11 is 0. The Labute approximate surface area is 167 Å². The summed E-state index contributed by atoms with van der Waals surface area (Å²) in [5.74, 6) is 0.687. The summed E-state index contributed by atoms with van der Waals surface area (Å²) in [6, 6.07) is 13.5. The van der Waals surface area contributed by atoms with E-state index in [4.69, 9.17) is 9.47 Å². The molecule has 0 unspecified atom stereocenters. The van der Waals surface area contributed by atoms with Gasteiger partial charge in [0, 0.05) is 37.1 Å². The highest BCUT2D eigenvalue weighted by Gasteiger charge is 2.17. The van der Waals surface area contributed by atoms with Gasteiger partial charge < -0.3 is 19.7 Å². The number of carbonyl (C=O) groups excluding carboxylic acids is 1. The van der Waals surface area contributed by atoms with Crippen LogP contribution in [0.25, 0.3) is 0 Å². The summed E-state index contributed by atoms with van der Waals surface area (Å²) in [4.78, 5) is 15.0. The monoisotopic (exact) mass is 382 g/mol. The predicted octanol–water partition coefficient (Wildman–Crippen LogP) is 4.52. The molecule has 150 valence electrons. The van der Waals surface area contributed by atoms with Crippen molar-refractivity contribution in [1.82, 2.24) is 0 Å². The van der Waals surface area contributed by atoms with Gasteiger partial charge in [-0.15, -0.1) is 0 Å². The van der Waals surface area contributed by atoms with Gasteiger partial charge in [-0.25, -0.2) is 0 Å². The molecule has 1 aliphatic heterocycles. The Kier molecular flexibility index (Phi) is 7.31. The highest BCUT2D eigenvalue weighted by Crippen LogP contribution is 2.30. The first-order valence-corrected chi connectivity index (χ1v) is 10.1. The van der Waals surface area contributed by atoms with Crippen molar-refractivity contribution in [3.8, 4) is 5.75 Å². The molecule has 0 fully saturated rings. The Morgan fingerprint density at radius 2 is 1.96 bits per heavy atom. The normalized spacial score (nSPS) is 13.1. The zero-order chi connectivity index (χ0) is 19.8. The number of carbonyl (C=O) groups is 1. The standard InChI is InChI=1S/C23H30N2O3/c1-3-4-15-28-21-11-8-19(9-12-21)23(26)24-20-10-7-18-6-5-13-25(14-16-27-2)22(18)17-20/h7-12,17H,3-6,13-16H2,1-2H3,(H,24,26). The average molecular weight is 383 g/mol. The smallest absolute Gasteiger partial charge is 0.255 e. The van der Waals surface area contributed by atoms with E-state index < -0.39 is 0 Å². The lowest BCUT2D eigenvalue weighted by Gasteiger charge is -2.31. The third-order valence-corrected chi connectivity index (χ3v) is 5.01. The number of anilines is 2. The molecular formula is C23H30N2O3. The molecule has 1 aliphatic rings. The first-order chi connectivity index (χ1) is 13.7. The van der Waals surface area contributed by atoms with E-state index in [1.54, 1.807) is 19.2 Å². The number of nitrogens with zero attached hydrogens (tertiary/aromatic N) is 1. The van der Waals surface area contributed by atoms with Crippen molar-refractivity contribution in [2.24, 2.45) is 0 Å². The van der Waals surface area contributed by atoms with Crippen LogP contribution in [-0.4, -0.2) is 39.3 Å². The molecule has 0 saturated heterocycles. The lowest BCUT2D eigenvalue weighted by atomic mass is 10.0. The fourth-order valence-electron chi connectivity index (χ4n) is 3.40. The highest BCUT2D eigenvalue weighted by atomic mass is 16.5. The number of hydrogen-bond acceptors (Lipinski definition) is 4. The molecule has 3 rings (SSSR count). The molecule has 0 aromatic heterocycles. The third kappa shape index (κ3) is 5.26. The van der Waals surface area contributed by atoms with E-state index in [0.717, 1.165) is 50.2 Å². The number of methoxy groups -OCH3 is 1. The molecular weight excluding hydrogens is 352 g/mol. The first-order valence-electron chi connectivity index (χ1n) is 10.1. The Balaban J connectivity index is 1.65. The van der Waals surface area contributed by atoms with Crippen LogP contribution in [0.4, 0.5) is 11.4 Å². The Morgan fingerprint density at radius 1 is 1.14 bits per heavy atom. The highest BCUT2D eigenvalue weighted by molar-refractivity contribution is 6.04. The van der Waals surface area contributed by atoms with Crippen molar-refractivity contribution in [2.45, 2.75) is 32.6 Å². The summed E-state index contributed by atoms with van der Waals surface area (Å²) in [5, 5.41) is 3.02. The van der Waals surface area contributed by atoms with Crippen LogP contribution in [0, 0.1) is 0 Å². The number of unbranched alkanes of at least 4 members (excludes halogenated alkanes) is 1. The van der Waals surface area contributed by atoms with Gasteiger partial charge in [0.1, 0.15) is 5.75 Å². The van der Waals surface area contributed by atoms with Crippen molar-refractivity contribution in [1.29, 1.82) is 0 Å². The van der Waals surface area contributed by atoms with Gasteiger partial charge in [0.05, 0.1) is 13.2 Å². The fourth-order valence-corrected chi connectivity index (χ4v) is 3.40. The second-order valence-corrected chi connectivity index (χ2v) is 7.11. The summed E-state index contributed by atoms with van der Waals surface area (Å²) < 4.78 is 10.9. The van der Waals surface area contributed by atoms with Crippen LogP contribution in [-0.2, 0) is 11.2 Å². The van der Waals surface area contributed by atoms with E-state index in [1.165, 1.54) is 11.3 Å². The maximum atomic E-state index is 12.6. The Bertz CT molecular complexity index is 774. The summed E-state index contributed by atoms with van der Waals surface area (Å²) in [5.41, 5.74) is 3.96. The van der Waals surface area contributed by atoms with Gasteiger partial charge >= 0.3 is 0 Å². The molecule has 0 atom stereocenters. The molecule has 0 saturated carbocycles. The lowest BCUT2D eigenvalue weighted by molar-refractivity contribution is 0.102. The van der Waals surface area contributed by atoms with Crippen LogP contribution < -0.4 is 15.0 Å². The van der Waals surface area contributed by atoms with Gasteiger partial charge in [-0.2, -0.15) is 0 Å². The van der Waals surface area contributed by atoms with E-state index in [-0.39, 0.29) is 5.91 Å². The minimum absolute atomic E-state index is 0.112. The van der Waals surface area contributed by atoms with Gasteiger partial charge in [-0.3, -0.25) is 4.79 Å². The lowest BCUT2D eigenvalue weighted by Crippen LogP contribution is -2.32. The molecule has 1 N–H and O–H groups in total. The van der Waals surface area contributed by atoms with Gasteiger partial charge in [-0.05, 0) is 61.2 Å². The van der Waals surface area contributed by atoms with Crippen LogP contribution in [0.1, 0.15) is 42.1 Å². The predicted molar refractivity (Wildman–Crippen MR) is 114 cm³/mol. The summed E-state index contributed by atoms with van der Waals surface area (Å²) in [7, 11) is 1.72. The molecule has 1 heterocycles. The zero-order valence-electron chi connectivity index (χ0n) is 16.9. The van der Waals surface area contributed by atoms with Gasteiger partial charge in [0.2, 0.25) is 0 Å². The van der Waals surface area contributed by atoms with E-state index in [2.05, 4.69) is 29.3 Å². The molecule has 0 bridgehead atoms. The molecule has 2 aromatic rings. The molecule has 0 aliphatic carbocycles. The topological polar surface area (TPSA) is 50.8 Å². The van der Waals surface area contributed by atoms with E-state index in [1.807, 2.05) is 18.2 Å². The Morgan fingerprint density at radius 3 is 2.71 bits per heavy atom. The van der Waals surface area contributed by atoms with Gasteiger partial charge in [0.25, 0.3) is 5.91 Å². The second-order valence-electron chi connectivity index (χ2n) is 7.11. The number of aryl methyl sites for hydroxylation is 1. The quantitative estimate of drug-likeness (QED) is 0.648. The molecule has 2 aromatic carbocycles. The largest absolute Gasteiger partial charge is 0.494 e. The van der Waals surface area contributed by atoms with Gasteiger partial charge in [-0.1, -0.05) is 19.4 Å². The minimum Gasteiger partial charge on any atom is -0.494 e. The van der Waals surface area contributed by atoms with E-state index in [0.29, 0.717) is 18.8 Å². The average Bonchev–Trinajstić information content (AvgIpc) is 2.73. The Hall–Kier alpha value is -2.53. The summed E-state index contributed by atoms with van der Waals surface area (Å²) in [6.45, 7) is 5.42. The van der Waals surface area contributed by atoms with E-state index >= 15 is 0 Å². The van der Waals surface area contributed by atoms with Crippen LogP contribution in [0.5, 0.6) is 5.75 Å². The maximum absolute atomic E-state index is 12.6. The number of ether oxygens (including phenoxy) is 2. The molecule has 28 heavy (non-hydrogen) atoms. The summed E-state index contributed by atoms with van der Waals surface area (Å²) in [6.07, 6.45) is 4.35. The zero-order valence-corrected chi connectivity index (χ0v) is 16.9. The minimum atomic E-state index is -0.112. The van der Waals surface area contributed by atoms with Gasteiger partial charge in [0.15, 0.2) is 0 Å². The van der Waals surface area contributed by atoms with Crippen molar-refractivity contribution >= 4 is 17.3 Å². The SMILES string of the molecule is CCCCOc1ccc(C(=O)Nc2ccc3c(c2)N(CCOC)CCC3)cc1. The van der Waals surface area contributed by atoms with Crippen LogP contribution in [0.15, 0.2) is 42.5 Å². The third-order valence-electron chi connectivity index (χ3n) is 5.01. The van der Waals surface area contributed by atoms with E-state index in [9.17, 15) is 4.79 Å². The maximum Gasteiger partial charge on any atom is 0.255 e. The number of rotatable bonds is 9. The molecule has 5 nitrogen and oxygen atoms in total. The van der Waals surface area contributed by atoms with Crippen molar-refractivity contribution in [2.75, 3.05) is 43.6 Å². The molecule has 5 heteroatoms. The molecule has 0 radical (unpaired) electrons. The number of amides is 1. The number of benzene rings is 2. The number of nitrogens with one attached hydrogen (secondary N) is 1. The molecule has 1 amide bonds. The number of fused-ring (bicyclic) bond motifs is 1.